The van der Waals surface area contributed by atoms with E-state index < -0.39 is 0 Å². The van der Waals surface area contributed by atoms with Crippen LogP contribution in [0.1, 0.15) is 16.8 Å². The molecule has 18 heavy (non-hydrogen) atoms. The van der Waals surface area contributed by atoms with E-state index in [0.717, 1.165) is 10.9 Å². The molecule has 0 aliphatic carbocycles. The van der Waals surface area contributed by atoms with Gasteiger partial charge >= 0.3 is 5.97 Å². The third-order valence-electron chi connectivity index (χ3n) is 2.81. The maximum atomic E-state index is 11.7. The first-order valence-corrected chi connectivity index (χ1v) is 6.02. The quantitative estimate of drug-likeness (QED) is 0.866. The van der Waals surface area contributed by atoms with Gasteiger partial charge < -0.3 is 14.4 Å². The molecule has 0 amide bonds. The SMILES string of the molecule is COC(=O)c1cn(CCCO)c2cc(Cl)ccc12. The number of carbonyl (C=O) groups excluding carboxylic acids is 1. The van der Waals surface area contributed by atoms with Gasteiger partial charge in [-0.1, -0.05) is 17.7 Å². The predicted octanol–water partition coefficient (Wildman–Crippen LogP) is 2.46. The summed E-state index contributed by atoms with van der Waals surface area (Å²) >= 11 is 5.97. The lowest BCUT2D eigenvalue weighted by molar-refractivity contribution is 0.0602. The molecule has 1 heterocycles. The van der Waals surface area contributed by atoms with Gasteiger partial charge in [0, 0.05) is 29.8 Å². The minimum atomic E-state index is -0.370. The van der Waals surface area contributed by atoms with E-state index in [1.165, 1.54) is 7.11 Å². The topological polar surface area (TPSA) is 51.5 Å². The van der Waals surface area contributed by atoms with Crippen molar-refractivity contribution in [3.8, 4) is 0 Å². The van der Waals surface area contributed by atoms with E-state index in [9.17, 15) is 4.79 Å². The summed E-state index contributed by atoms with van der Waals surface area (Å²) in [5.74, 6) is -0.370. The van der Waals surface area contributed by atoms with E-state index in [4.69, 9.17) is 21.4 Å². The van der Waals surface area contributed by atoms with Crippen LogP contribution in [-0.4, -0.2) is 29.4 Å². The maximum Gasteiger partial charge on any atom is 0.340 e. The van der Waals surface area contributed by atoms with E-state index >= 15 is 0 Å². The van der Waals surface area contributed by atoms with Gasteiger partial charge in [-0.3, -0.25) is 0 Å². The molecule has 0 radical (unpaired) electrons. The van der Waals surface area contributed by atoms with E-state index in [1.54, 1.807) is 24.4 Å². The number of hydrogen-bond donors (Lipinski definition) is 1. The number of aryl methyl sites for hydroxylation is 1. The fourth-order valence-electron chi connectivity index (χ4n) is 1.96. The van der Waals surface area contributed by atoms with Crippen molar-refractivity contribution in [2.24, 2.45) is 0 Å². The first kappa shape index (κ1) is 12.9. The normalized spacial score (nSPS) is 10.8. The molecular weight excluding hydrogens is 254 g/mol. The number of hydrogen-bond acceptors (Lipinski definition) is 3. The van der Waals surface area contributed by atoms with Gasteiger partial charge in [-0.2, -0.15) is 0 Å². The fraction of sp³-hybridized carbons (Fsp3) is 0.308. The molecule has 0 atom stereocenters. The molecule has 0 spiro atoms. The summed E-state index contributed by atoms with van der Waals surface area (Å²) in [6.07, 6.45) is 2.36. The summed E-state index contributed by atoms with van der Waals surface area (Å²) in [7, 11) is 1.36. The number of fused-ring (bicyclic) bond motifs is 1. The van der Waals surface area contributed by atoms with Crippen LogP contribution in [0.15, 0.2) is 24.4 Å². The Labute approximate surface area is 110 Å². The van der Waals surface area contributed by atoms with Gasteiger partial charge in [-0.05, 0) is 18.6 Å². The summed E-state index contributed by atoms with van der Waals surface area (Å²) in [5.41, 5.74) is 1.39. The molecule has 0 unspecified atom stereocenters. The molecule has 0 aliphatic heterocycles. The van der Waals surface area contributed by atoms with Gasteiger partial charge in [-0.25, -0.2) is 4.79 Å². The number of methoxy groups -OCH3 is 1. The van der Waals surface area contributed by atoms with Gasteiger partial charge in [0.2, 0.25) is 0 Å². The monoisotopic (exact) mass is 267 g/mol. The average Bonchev–Trinajstić information content (AvgIpc) is 2.73. The summed E-state index contributed by atoms with van der Waals surface area (Å²) < 4.78 is 6.66. The second-order valence-corrected chi connectivity index (χ2v) is 4.40. The van der Waals surface area contributed by atoms with Crippen LogP contribution >= 0.6 is 11.6 Å². The summed E-state index contributed by atoms with van der Waals surface area (Å²) in [6.45, 7) is 0.734. The second kappa shape index (κ2) is 5.42. The molecule has 0 fully saturated rings. The zero-order valence-corrected chi connectivity index (χ0v) is 10.8. The van der Waals surface area contributed by atoms with Gasteiger partial charge in [0.15, 0.2) is 0 Å². The van der Waals surface area contributed by atoms with Crippen molar-refractivity contribution in [3.63, 3.8) is 0 Å². The molecule has 0 saturated carbocycles. The first-order valence-electron chi connectivity index (χ1n) is 5.65. The lowest BCUT2D eigenvalue weighted by Gasteiger charge is -2.03. The second-order valence-electron chi connectivity index (χ2n) is 3.97. The highest BCUT2D eigenvalue weighted by Crippen LogP contribution is 2.25. The number of carbonyl (C=O) groups is 1. The molecule has 2 aromatic rings. The zero-order chi connectivity index (χ0) is 13.1. The number of aromatic nitrogens is 1. The Bertz CT molecular complexity index is 577. The lowest BCUT2D eigenvalue weighted by atomic mass is 10.2. The Hall–Kier alpha value is -1.52. The number of rotatable bonds is 4. The van der Waals surface area contributed by atoms with Gasteiger partial charge in [0.05, 0.1) is 18.2 Å². The predicted molar refractivity (Wildman–Crippen MR) is 70.0 cm³/mol. The number of nitrogens with zero attached hydrogens (tertiary/aromatic N) is 1. The number of benzene rings is 1. The van der Waals surface area contributed by atoms with E-state index in [0.29, 0.717) is 23.6 Å². The molecule has 0 aliphatic rings. The maximum absolute atomic E-state index is 11.7. The van der Waals surface area contributed by atoms with Crippen LogP contribution in [0.3, 0.4) is 0 Å². The number of aliphatic hydroxyl groups excluding tert-OH is 1. The van der Waals surface area contributed by atoms with E-state index in [2.05, 4.69) is 0 Å². The number of halogens is 1. The van der Waals surface area contributed by atoms with Crippen molar-refractivity contribution >= 4 is 28.5 Å². The third kappa shape index (κ3) is 2.35. The Kier molecular flexibility index (Phi) is 3.89. The number of aliphatic hydroxyl groups is 1. The van der Waals surface area contributed by atoms with Crippen molar-refractivity contribution in [1.82, 2.24) is 4.57 Å². The van der Waals surface area contributed by atoms with Gasteiger partial charge in [0.25, 0.3) is 0 Å². The fourth-order valence-corrected chi connectivity index (χ4v) is 2.13. The van der Waals surface area contributed by atoms with Crippen LogP contribution in [-0.2, 0) is 11.3 Å². The molecule has 96 valence electrons. The Morgan fingerprint density at radius 3 is 2.94 bits per heavy atom. The van der Waals surface area contributed by atoms with Crippen LogP contribution in [0.25, 0.3) is 10.9 Å². The molecule has 5 heteroatoms. The minimum absolute atomic E-state index is 0.105. The smallest absolute Gasteiger partial charge is 0.340 e. The largest absolute Gasteiger partial charge is 0.465 e. The van der Waals surface area contributed by atoms with Crippen molar-refractivity contribution in [3.05, 3.63) is 35.0 Å². The lowest BCUT2D eigenvalue weighted by Crippen LogP contribution is -2.01. The summed E-state index contributed by atoms with van der Waals surface area (Å²) in [5, 5.41) is 10.3. The van der Waals surface area contributed by atoms with Crippen molar-refractivity contribution in [2.75, 3.05) is 13.7 Å². The summed E-state index contributed by atoms with van der Waals surface area (Å²) in [4.78, 5) is 11.7. The highest BCUT2D eigenvalue weighted by atomic mass is 35.5. The molecule has 4 nitrogen and oxygen atoms in total. The van der Waals surface area contributed by atoms with Crippen molar-refractivity contribution < 1.29 is 14.6 Å². The standard InChI is InChI=1S/C13H14ClNO3/c1-18-13(17)11-8-15(5-2-6-16)12-7-9(14)3-4-10(11)12/h3-4,7-8,16H,2,5-6H2,1H3. The molecule has 0 bridgehead atoms. The molecule has 2 rings (SSSR count). The third-order valence-corrected chi connectivity index (χ3v) is 3.04. The van der Waals surface area contributed by atoms with Gasteiger partial charge in [-0.15, -0.1) is 0 Å². The zero-order valence-electron chi connectivity index (χ0n) is 10.0. The van der Waals surface area contributed by atoms with Crippen molar-refractivity contribution in [1.29, 1.82) is 0 Å². The van der Waals surface area contributed by atoms with E-state index in [-0.39, 0.29) is 12.6 Å². The Morgan fingerprint density at radius 1 is 1.50 bits per heavy atom. The van der Waals surface area contributed by atoms with Crippen LogP contribution < -0.4 is 0 Å². The highest BCUT2D eigenvalue weighted by molar-refractivity contribution is 6.31. The first-order chi connectivity index (χ1) is 8.67. The molecule has 1 N–H and O–H groups in total. The van der Waals surface area contributed by atoms with Crippen molar-refractivity contribution in [2.45, 2.75) is 13.0 Å². The van der Waals surface area contributed by atoms with Crippen LogP contribution in [0.5, 0.6) is 0 Å². The molecule has 1 aromatic carbocycles. The number of ether oxygens (including phenoxy) is 1. The van der Waals surface area contributed by atoms with Crippen LogP contribution in [0.4, 0.5) is 0 Å². The van der Waals surface area contributed by atoms with Crippen LogP contribution in [0.2, 0.25) is 5.02 Å². The van der Waals surface area contributed by atoms with E-state index in [1.807, 2.05) is 4.57 Å². The molecule has 0 saturated heterocycles. The van der Waals surface area contributed by atoms with Gasteiger partial charge in [0.1, 0.15) is 0 Å². The Balaban J connectivity index is 2.55. The minimum Gasteiger partial charge on any atom is -0.465 e. The molecular formula is C13H14ClNO3. The van der Waals surface area contributed by atoms with Crippen LogP contribution in [0, 0.1) is 0 Å². The average molecular weight is 268 g/mol. The molecule has 1 aromatic heterocycles. The Morgan fingerprint density at radius 2 is 2.28 bits per heavy atom. The number of esters is 1. The summed E-state index contributed by atoms with van der Waals surface area (Å²) in [6, 6.07) is 5.35. The highest BCUT2D eigenvalue weighted by Gasteiger charge is 2.15.